The maximum absolute atomic E-state index is 13.2. The largest absolute Gasteiger partial charge is 0.365 e. The van der Waals surface area contributed by atoms with Gasteiger partial charge in [0.2, 0.25) is 0 Å². The number of hydrogen-bond acceptors (Lipinski definition) is 8. The van der Waals surface area contributed by atoms with Crippen LogP contribution in [0.5, 0.6) is 0 Å². The van der Waals surface area contributed by atoms with Crippen LogP contribution in [0.4, 0.5) is 5.82 Å². The van der Waals surface area contributed by atoms with E-state index in [1.807, 2.05) is 70.2 Å². The van der Waals surface area contributed by atoms with E-state index in [0.29, 0.717) is 35.7 Å². The van der Waals surface area contributed by atoms with E-state index in [-0.39, 0.29) is 11.6 Å². The number of rotatable bonds is 8. The smallest absolute Gasteiger partial charge is 0.200 e. The number of aryl methyl sites for hydroxylation is 5. The average Bonchev–Trinajstić information content (AvgIpc) is 3.39. The minimum Gasteiger partial charge on any atom is -0.365 e. The maximum Gasteiger partial charge on any atom is 0.200 e. The molecule has 0 fully saturated rings. The Morgan fingerprint density at radius 1 is 1.03 bits per heavy atom. The summed E-state index contributed by atoms with van der Waals surface area (Å²) in [5, 5.41) is 9.97. The number of carbonyl (C=O) groups is 1. The molecule has 7 nitrogen and oxygen atoms in total. The number of halogens is 1. The van der Waals surface area contributed by atoms with Crippen molar-refractivity contribution in [1.29, 1.82) is 0 Å². The van der Waals surface area contributed by atoms with E-state index in [2.05, 4.69) is 25.4 Å². The van der Waals surface area contributed by atoms with Crippen molar-refractivity contribution in [1.82, 2.24) is 20.1 Å². The molecule has 0 saturated carbocycles. The summed E-state index contributed by atoms with van der Waals surface area (Å²) in [5.74, 6) is 1.43. The summed E-state index contributed by atoms with van der Waals surface area (Å²) in [4.78, 5) is 28.1. The van der Waals surface area contributed by atoms with Gasteiger partial charge >= 0.3 is 0 Å². The molecule has 2 aromatic carbocycles. The highest BCUT2D eigenvalue weighted by Crippen LogP contribution is 2.32. The molecule has 0 saturated heterocycles. The van der Waals surface area contributed by atoms with E-state index in [1.54, 1.807) is 11.3 Å². The second-order valence-electron chi connectivity index (χ2n) is 8.98. The lowest BCUT2D eigenvalue weighted by molar-refractivity contribution is 0.0973. The van der Waals surface area contributed by atoms with Crippen LogP contribution in [0.1, 0.15) is 49.6 Å². The van der Waals surface area contributed by atoms with E-state index in [0.717, 1.165) is 49.1 Å². The Kier molecular flexibility index (Phi) is 7.04. The Morgan fingerprint density at radius 2 is 1.86 bits per heavy atom. The predicted octanol–water partition coefficient (Wildman–Crippen LogP) is 7.06. The van der Waals surface area contributed by atoms with E-state index >= 15 is 0 Å². The lowest BCUT2D eigenvalue weighted by Gasteiger charge is -2.12. The highest BCUT2D eigenvalue weighted by molar-refractivity contribution is 7.11. The number of Topliss-reactive ketones (excluding diaryl/α,β-unsaturated/α-hetero) is 1. The van der Waals surface area contributed by atoms with Gasteiger partial charge in [0.1, 0.15) is 11.6 Å². The number of benzene rings is 2. The number of aromatic nitrogens is 4. The third-order valence-corrected chi connectivity index (χ3v) is 7.56. The monoisotopic (exact) mass is 531 g/mol. The molecular weight excluding hydrogens is 506 g/mol. The molecule has 5 aromatic rings. The van der Waals surface area contributed by atoms with Crippen molar-refractivity contribution in [2.75, 3.05) is 5.32 Å². The van der Waals surface area contributed by atoms with Gasteiger partial charge in [0.15, 0.2) is 11.6 Å². The van der Waals surface area contributed by atoms with Crippen molar-refractivity contribution in [2.45, 2.75) is 47.1 Å². The van der Waals surface area contributed by atoms with Crippen LogP contribution in [-0.2, 0) is 13.0 Å². The van der Waals surface area contributed by atoms with Crippen LogP contribution in [0.3, 0.4) is 0 Å². The molecule has 0 aliphatic rings. The van der Waals surface area contributed by atoms with Crippen molar-refractivity contribution in [3.05, 3.63) is 85.9 Å². The summed E-state index contributed by atoms with van der Waals surface area (Å²) < 4.78 is 5.37. The number of nitrogens with zero attached hydrogens (tertiary/aromatic N) is 4. The number of anilines is 1. The molecule has 0 aliphatic heterocycles. The maximum atomic E-state index is 13.2. The summed E-state index contributed by atoms with van der Waals surface area (Å²) in [6, 6.07) is 13.5. The lowest BCUT2D eigenvalue weighted by atomic mass is 10.0. The van der Waals surface area contributed by atoms with Gasteiger partial charge in [-0.1, -0.05) is 35.0 Å². The van der Waals surface area contributed by atoms with Gasteiger partial charge in [-0.3, -0.25) is 4.79 Å². The molecule has 9 heteroatoms. The Hall–Kier alpha value is -3.62. The summed E-state index contributed by atoms with van der Waals surface area (Å²) in [5.41, 5.74) is 5.38. The summed E-state index contributed by atoms with van der Waals surface area (Å²) in [6.45, 7) is 8.25. The van der Waals surface area contributed by atoms with Crippen molar-refractivity contribution >= 4 is 45.4 Å². The van der Waals surface area contributed by atoms with Crippen molar-refractivity contribution < 1.29 is 9.32 Å². The van der Waals surface area contributed by atoms with Gasteiger partial charge in [0, 0.05) is 33.8 Å². The fraction of sp³-hybridized carbons (Fsp3) is 0.250. The number of nitrogens with one attached hydrogen (secondary N) is 1. The first kappa shape index (κ1) is 25.0. The third-order valence-electron chi connectivity index (χ3n) is 6.19. The lowest BCUT2D eigenvalue weighted by Crippen LogP contribution is -2.11. The first-order valence-electron chi connectivity index (χ1n) is 12.0. The van der Waals surface area contributed by atoms with E-state index in [1.165, 1.54) is 0 Å². The van der Waals surface area contributed by atoms with Crippen LogP contribution >= 0.6 is 22.9 Å². The van der Waals surface area contributed by atoms with E-state index < -0.39 is 0 Å². The first-order valence-corrected chi connectivity index (χ1v) is 13.2. The minimum absolute atomic E-state index is 0.104. The Labute approximate surface area is 223 Å². The van der Waals surface area contributed by atoms with Crippen LogP contribution < -0.4 is 5.32 Å². The van der Waals surface area contributed by atoms with Crippen LogP contribution in [0.15, 0.2) is 47.0 Å². The predicted molar refractivity (Wildman–Crippen MR) is 148 cm³/mol. The number of fused-ring (bicyclic) bond motifs is 1. The quantitative estimate of drug-likeness (QED) is 0.214. The van der Waals surface area contributed by atoms with Crippen molar-refractivity contribution in [2.24, 2.45) is 0 Å². The first-order chi connectivity index (χ1) is 17.8. The van der Waals surface area contributed by atoms with E-state index in [4.69, 9.17) is 16.1 Å². The average molecular weight is 532 g/mol. The van der Waals surface area contributed by atoms with E-state index in [9.17, 15) is 4.79 Å². The SMILES string of the molecule is Cc1nc(C)c(CCC(=O)c2nc(NCc3cccc(Cl)c3)c3cc(-c4c(C)noc4C)ccc3n2)s1. The van der Waals surface area contributed by atoms with Crippen molar-refractivity contribution in [3.8, 4) is 11.1 Å². The van der Waals surface area contributed by atoms with Crippen LogP contribution in [-0.4, -0.2) is 25.9 Å². The minimum atomic E-state index is -0.104. The van der Waals surface area contributed by atoms with Crippen LogP contribution in [0.25, 0.3) is 22.0 Å². The molecule has 0 spiro atoms. The zero-order chi connectivity index (χ0) is 26.1. The highest BCUT2D eigenvalue weighted by atomic mass is 35.5. The van der Waals surface area contributed by atoms with Gasteiger partial charge in [0.25, 0.3) is 0 Å². The third kappa shape index (κ3) is 5.40. The molecule has 0 aliphatic carbocycles. The van der Waals surface area contributed by atoms with Crippen LogP contribution in [0, 0.1) is 27.7 Å². The molecule has 0 atom stereocenters. The molecule has 0 radical (unpaired) electrons. The number of carbonyl (C=O) groups excluding carboxylic acids is 1. The molecule has 37 heavy (non-hydrogen) atoms. The summed E-state index contributed by atoms with van der Waals surface area (Å²) >= 11 is 7.80. The standard InChI is InChI=1S/C28H26ClN5O2S/c1-15-25(37-18(4)31-15)11-10-24(35)28-32-23-9-8-20(26-16(2)34-36-17(26)3)13-22(23)27(33-28)30-14-19-6-5-7-21(29)12-19/h5-9,12-13H,10-11,14H2,1-4H3,(H,30,32,33). The molecule has 0 unspecified atom stereocenters. The fourth-order valence-electron chi connectivity index (χ4n) is 4.42. The Morgan fingerprint density at radius 3 is 2.57 bits per heavy atom. The second kappa shape index (κ2) is 10.4. The van der Waals surface area contributed by atoms with Gasteiger partial charge in [-0.25, -0.2) is 15.0 Å². The summed E-state index contributed by atoms with van der Waals surface area (Å²) in [6.07, 6.45) is 0.937. The van der Waals surface area contributed by atoms with Crippen molar-refractivity contribution in [3.63, 3.8) is 0 Å². The topological polar surface area (TPSA) is 93.8 Å². The molecule has 3 aromatic heterocycles. The molecule has 1 N–H and O–H groups in total. The highest BCUT2D eigenvalue weighted by Gasteiger charge is 2.18. The van der Waals surface area contributed by atoms with Crippen LogP contribution in [0.2, 0.25) is 5.02 Å². The zero-order valence-corrected chi connectivity index (χ0v) is 22.6. The molecule has 5 rings (SSSR count). The number of thiazole rings is 1. The fourth-order valence-corrected chi connectivity index (χ4v) is 5.57. The Balaban J connectivity index is 1.51. The Bertz CT molecular complexity index is 1610. The zero-order valence-electron chi connectivity index (χ0n) is 21.1. The molecule has 188 valence electrons. The molecule has 3 heterocycles. The van der Waals surface area contributed by atoms with Gasteiger partial charge in [-0.2, -0.15) is 0 Å². The van der Waals surface area contributed by atoms with Gasteiger partial charge in [-0.05, 0) is 69.5 Å². The number of hydrogen-bond donors (Lipinski definition) is 1. The molecular formula is C28H26ClN5O2S. The normalized spacial score (nSPS) is 11.3. The number of ketones is 1. The van der Waals surface area contributed by atoms with Gasteiger partial charge in [-0.15, -0.1) is 11.3 Å². The van der Waals surface area contributed by atoms with Gasteiger partial charge in [0.05, 0.1) is 21.9 Å². The molecule has 0 amide bonds. The molecule has 0 bridgehead atoms. The summed E-state index contributed by atoms with van der Waals surface area (Å²) in [7, 11) is 0. The second-order valence-corrected chi connectivity index (χ2v) is 10.7. The van der Waals surface area contributed by atoms with Gasteiger partial charge < -0.3 is 9.84 Å².